The third-order valence-electron chi connectivity index (χ3n) is 2.48. The Labute approximate surface area is 113 Å². The lowest BCUT2D eigenvalue weighted by Crippen LogP contribution is -2.16. The van der Waals surface area contributed by atoms with E-state index in [9.17, 15) is 19.1 Å². The monoisotopic (exact) mass is 275 g/mol. The van der Waals surface area contributed by atoms with Gasteiger partial charge in [0, 0.05) is 11.9 Å². The summed E-state index contributed by atoms with van der Waals surface area (Å²) in [4.78, 5) is 26.5. The first-order valence-corrected chi connectivity index (χ1v) is 5.52. The normalized spacial score (nSPS) is 10.1. The fourth-order valence-electron chi connectivity index (χ4n) is 1.55. The molecule has 0 spiro atoms. The molecule has 6 nitrogen and oxygen atoms in total. The number of benzene rings is 1. The number of anilines is 1. The molecule has 102 valence electrons. The number of nitrogens with zero attached hydrogens (tertiary/aromatic N) is 1. The van der Waals surface area contributed by atoms with Crippen molar-refractivity contribution >= 4 is 17.5 Å². The second-order valence-corrected chi connectivity index (χ2v) is 3.94. The molecule has 20 heavy (non-hydrogen) atoms. The third-order valence-corrected chi connectivity index (χ3v) is 2.48. The van der Waals surface area contributed by atoms with Crippen LogP contribution in [-0.2, 0) is 0 Å². The molecule has 0 saturated heterocycles. The number of pyridine rings is 1. The summed E-state index contributed by atoms with van der Waals surface area (Å²) in [7, 11) is 0. The van der Waals surface area contributed by atoms with Gasteiger partial charge >= 0.3 is 0 Å². The van der Waals surface area contributed by atoms with Crippen LogP contribution in [0.2, 0.25) is 0 Å². The maximum atomic E-state index is 13.3. The number of nitrogens with two attached hydrogens (primary N) is 1. The number of hydrogen-bond donors (Lipinski definition) is 3. The average molecular weight is 275 g/mol. The first-order chi connectivity index (χ1) is 9.47. The fraction of sp³-hybridized carbons (Fsp3) is 0. The van der Waals surface area contributed by atoms with Crippen molar-refractivity contribution in [2.45, 2.75) is 0 Å². The van der Waals surface area contributed by atoms with Gasteiger partial charge in [0.15, 0.2) is 0 Å². The molecule has 1 heterocycles. The lowest BCUT2D eigenvalue weighted by Gasteiger charge is -2.07. The number of carbonyl (C=O) groups excluding carboxylic acids is 2. The van der Waals surface area contributed by atoms with Crippen LogP contribution in [0.15, 0.2) is 36.7 Å². The number of aromatic hydroxyl groups is 1. The predicted molar refractivity (Wildman–Crippen MR) is 68.8 cm³/mol. The summed E-state index contributed by atoms with van der Waals surface area (Å²) in [5, 5.41) is 11.7. The van der Waals surface area contributed by atoms with Gasteiger partial charge in [0.05, 0.1) is 17.3 Å². The quantitative estimate of drug-likeness (QED) is 0.784. The Bertz CT molecular complexity index is 688. The van der Waals surface area contributed by atoms with Gasteiger partial charge in [-0.15, -0.1) is 0 Å². The van der Waals surface area contributed by atoms with Gasteiger partial charge in [-0.2, -0.15) is 0 Å². The number of carbonyl (C=O) groups is 2. The molecule has 0 bridgehead atoms. The van der Waals surface area contributed by atoms with Crippen molar-refractivity contribution in [3.05, 3.63) is 53.6 Å². The first kappa shape index (κ1) is 13.5. The van der Waals surface area contributed by atoms with Crippen LogP contribution in [0.4, 0.5) is 10.1 Å². The van der Waals surface area contributed by atoms with E-state index in [-0.39, 0.29) is 22.6 Å². The molecule has 0 radical (unpaired) electrons. The van der Waals surface area contributed by atoms with E-state index < -0.39 is 17.6 Å². The van der Waals surface area contributed by atoms with Crippen molar-refractivity contribution in [3.63, 3.8) is 0 Å². The van der Waals surface area contributed by atoms with Gasteiger partial charge in [-0.05, 0) is 24.3 Å². The topological polar surface area (TPSA) is 105 Å². The van der Waals surface area contributed by atoms with E-state index in [2.05, 4.69) is 10.3 Å². The van der Waals surface area contributed by atoms with Gasteiger partial charge < -0.3 is 16.2 Å². The maximum absolute atomic E-state index is 13.3. The predicted octanol–water partition coefficient (Wildman–Crippen LogP) is 1.28. The summed E-state index contributed by atoms with van der Waals surface area (Å²) in [5.74, 6) is -2.42. The number of halogens is 1. The molecule has 0 saturated carbocycles. The molecule has 0 atom stereocenters. The highest BCUT2D eigenvalue weighted by Gasteiger charge is 2.12. The number of hydrogen-bond acceptors (Lipinski definition) is 4. The standard InChI is InChI=1S/C13H10FN3O3/c14-11-2-1-8(4-10(11)12(15)19)17-13(20)7-3-9(18)6-16-5-7/h1-6,18H,(H2,15,19)(H,17,20). The van der Waals surface area contributed by atoms with Gasteiger partial charge in [0.25, 0.3) is 11.8 Å². The zero-order valence-corrected chi connectivity index (χ0v) is 10.1. The SMILES string of the molecule is NC(=O)c1cc(NC(=O)c2cncc(O)c2)ccc1F. The second-order valence-electron chi connectivity index (χ2n) is 3.94. The number of primary amides is 1. The van der Waals surface area contributed by atoms with Gasteiger partial charge in [-0.25, -0.2) is 4.39 Å². The molecule has 2 rings (SSSR count). The second kappa shape index (κ2) is 5.35. The summed E-state index contributed by atoms with van der Waals surface area (Å²) in [5.41, 5.74) is 5.01. The minimum absolute atomic E-state index is 0.120. The lowest BCUT2D eigenvalue weighted by molar-refractivity contribution is 0.0992. The molecule has 0 aliphatic rings. The Hall–Kier alpha value is -2.96. The summed E-state index contributed by atoms with van der Waals surface area (Å²) in [6.45, 7) is 0. The van der Waals surface area contributed by atoms with E-state index in [0.29, 0.717) is 0 Å². The Morgan fingerprint density at radius 3 is 2.65 bits per heavy atom. The highest BCUT2D eigenvalue weighted by atomic mass is 19.1. The number of rotatable bonds is 3. The molecule has 1 aromatic heterocycles. The zero-order chi connectivity index (χ0) is 14.7. The van der Waals surface area contributed by atoms with E-state index in [0.717, 1.165) is 12.1 Å². The molecule has 0 aliphatic carbocycles. The Morgan fingerprint density at radius 1 is 1.25 bits per heavy atom. The lowest BCUT2D eigenvalue weighted by atomic mass is 10.1. The largest absolute Gasteiger partial charge is 0.506 e. The Kier molecular flexibility index (Phi) is 3.60. The summed E-state index contributed by atoms with van der Waals surface area (Å²) in [6, 6.07) is 4.67. The van der Waals surface area contributed by atoms with E-state index in [4.69, 9.17) is 5.73 Å². The molecule has 2 aromatic rings. The highest BCUT2D eigenvalue weighted by molar-refractivity contribution is 6.05. The number of nitrogens with one attached hydrogen (secondary N) is 1. The summed E-state index contributed by atoms with van der Waals surface area (Å²) >= 11 is 0. The average Bonchev–Trinajstić information content (AvgIpc) is 2.40. The molecular formula is C13H10FN3O3. The molecule has 0 unspecified atom stereocenters. The minimum Gasteiger partial charge on any atom is -0.506 e. The van der Waals surface area contributed by atoms with Crippen molar-refractivity contribution < 1.29 is 19.1 Å². The van der Waals surface area contributed by atoms with Crippen LogP contribution in [0.3, 0.4) is 0 Å². The van der Waals surface area contributed by atoms with Crippen molar-refractivity contribution in [3.8, 4) is 5.75 Å². The minimum atomic E-state index is -0.933. The van der Waals surface area contributed by atoms with Crippen molar-refractivity contribution in [2.24, 2.45) is 5.73 Å². The van der Waals surface area contributed by atoms with Crippen LogP contribution in [0.1, 0.15) is 20.7 Å². The van der Waals surface area contributed by atoms with E-state index in [1.165, 1.54) is 24.5 Å². The third kappa shape index (κ3) is 2.89. The van der Waals surface area contributed by atoms with E-state index in [1.807, 2.05) is 0 Å². The van der Waals surface area contributed by atoms with Crippen molar-refractivity contribution in [1.82, 2.24) is 4.98 Å². The Balaban J connectivity index is 2.24. The Morgan fingerprint density at radius 2 is 2.00 bits per heavy atom. The van der Waals surface area contributed by atoms with Crippen LogP contribution in [-0.4, -0.2) is 21.9 Å². The number of amides is 2. The molecular weight excluding hydrogens is 265 g/mol. The number of aromatic nitrogens is 1. The highest BCUT2D eigenvalue weighted by Crippen LogP contribution is 2.16. The molecule has 1 aromatic carbocycles. The zero-order valence-electron chi connectivity index (χ0n) is 10.1. The van der Waals surface area contributed by atoms with E-state index in [1.54, 1.807) is 0 Å². The van der Waals surface area contributed by atoms with Gasteiger partial charge in [0.2, 0.25) is 0 Å². The molecule has 0 fully saturated rings. The maximum Gasteiger partial charge on any atom is 0.257 e. The molecule has 2 amide bonds. The van der Waals surface area contributed by atoms with Crippen LogP contribution in [0.5, 0.6) is 5.75 Å². The van der Waals surface area contributed by atoms with Crippen LogP contribution in [0, 0.1) is 5.82 Å². The smallest absolute Gasteiger partial charge is 0.257 e. The van der Waals surface area contributed by atoms with E-state index >= 15 is 0 Å². The molecule has 7 heteroatoms. The van der Waals surface area contributed by atoms with Crippen molar-refractivity contribution in [2.75, 3.05) is 5.32 Å². The van der Waals surface area contributed by atoms with Crippen molar-refractivity contribution in [1.29, 1.82) is 0 Å². The van der Waals surface area contributed by atoms with Gasteiger partial charge in [-0.3, -0.25) is 14.6 Å². The van der Waals surface area contributed by atoms with Crippen LogP contribution < -0.4 is 11.1 Å². The molecule has 4 N–H and O–H groups in total. The fourth-order valence-corrected chi connectivity index (χ4v) is 1.55. The molecule has 0 aliphatic heterocycles. The van der Waals surface area contributed by atoms with Gasteiger partial charge in [0.1, 0.15) is 11.6 Å². The summed E-state index contributed by atoms with van der Waals surface area (Å²) < 4.78 is 13.3. The first-order valence-electron chi connectivity index (χ1n) is 5.52. The summed E-state index contributed by atoms with van der Waals surface area (Å²) in [6.07, 6.45) is 2.44. The van der Waals surface area contributed by atoms with Gasteiger partial charge in [-0.1, -0.05) is 0 Å². The van der Waals surface area contributed by atoms with Crippen LogP contribution >= 0.6 is 0 Å². The van der Waals surface area contributed by atoms with Crippen LogP contribution in [0.25, 0.3) is 0 Å².